The van der Waals surface area contributed by atoms with E-state index in [0.717, 1.165) is 19.4 Å². The van der Waals surface area contributed by atoms with Gasteiger partial charge in [0.25, 0.3) is 0 Å². The lowest BCUT2D eigenvalue weighted by atomic mass is 10.0. The van der Waals surface area contributed by atoms with Crippen molar-refractivity contribution in [1.82, 2.24) is 4.90 Å². The van der Waals surface area contributed by atoms with Gasteiger partial charge >= 0.3 is 0 Å². The van der Waals surface area contributed by atoms with E-state index in [-0.39, 0.29) is 22.8 Å². The first-order valence-corrected chi connectivity index (χ1v) is 7.34. The fourth-order valence-electron chi connectivity index (χ4n) is 3.69. The van der Waals surface area contributed by atoms with Crippen LogP contribution in [0.5, 0.6) is 0 Å². The number of likely N-dealkylation sites (tertiary alicyclic amines) is 1. The summed E-state index contributed by atoms with van der Waals surface area (Å²) in [5, 5.41) is 0. The van der Waals surface area contributed by atoms with Crippen LogP contribution in [0.1, 0.15) is 53.4 Å². The normalized spacial score (nSPS) is 30.9. The zero-order chi connectivity index (χ0) is 13.6. The van der Waals surface area contributed by atoms with Gasteiger partial charge in [-0.1, -0.05) is 40.5 Å². The Morgan fingerprint density at radius 2 is 1.78 bits per heavy atom. The molecule has 18 heavy (non-hydrogen) atoms. The van der Waals surface area contributed by atoms with E-state index in [4.69, 9.17) is 5.73 Å². The van der Waals surface area contributed by atoms with E-state index in [1.165, 1.54) is 12.8 Å². The molecule has 2 aliphatic rings. The summed E-state index contributed by atoms with van der Waals surface area (Å²) < 4.78 is 0. The van der Waals surface area contributed by atoms with Crippen LogP contribution in [0.3, 0.4) is 0 Å². The number of carbonyl (C=O) groups excluding carboxylic acids is 1. The van der Waals surface area contributed by atoms with Gasteiger partial charge in [0.2, 0.25) is 5.91 Å². The molecule has 1 saturated carbocycles. The Hall–Kier alpha value is -0.570. The second-order valence-electron chi connectivity index (χ2n) is 7.15. The molecule has 1 atom stereocenters. The van der Waals surface area contributed by atoms with E-state index >= 15 is 0 Å². The molecule has 1 aliphatic heterocycles. The van der Waals surface area contributed by atoms with Crippen molar-refractivity contribution < 1.29 is 4.79 Å². The number of amides is 1. The summed E-state index contributed by atoms with van der Waals surface area (Å²) in [6, 6.07) is 0.271. The lowest BCUT2D eigenvalue weighted by Crippen LogP contribution is -2.45. The summed E-state index contributed by atoms with van der Waals surface area (Å²) in [6.07, 6.45) is 4.66. The van der Waals surface area contributed by atoms with Crippen LogP contribution in [-0.2, 0) is 4.79 Å². The summed E-state index contributed by atoms with van der Waals surface area (Å²) in [6.45, 7) is 10.4. The number of hydrogen-bond donors (Lipinski definition) is 1. The van der Waals surface area contributed by atoms with Crippen molar-refractivity contribution in [3.05, 3.63) is 0 Å². The monoisotopic (exact) mass is 252 g/mol. The zero-order valence-corrected chi connectivity index (χ0v) is 12.3. The Bertz CT molecular complexity index is 321. The number of nitrogens with zero attached hydrogens (tertiary/aromatic N) is 1. The first-order valence-electron chi connectivity index (χ1n) is 7.34. The SMILES string of the molecule is CC1(C)C(C(=O)N2CCCCCC2CN)C1(C)C. The Labute approximate surface area is 111 Å². The van der Waals surface area contributed by atoms with Gasteiger partial charge in [0, 0.05) is 25.0 Å². The minimum atomic E-state index is 0.134. The quantitative estimate of drug-likeness (QED) is 0.820. The van der Waals surface area contributed by atoms with Gasteiger partial charge in [0.05, 0.1) is 0 Å². The fraction of sp³-hybridized carbons (Fsp3) is 0.933. The molecule has 3 heteroatoms. The third-order valence-corrected chi connectivity index (χ3v) is 5.70. The smallest absolute Gasteiger partial charge is 0.227 e. The summed E-state index contributed by atoms with van der Waals surface area (Å²) in [7, 11) is 0. The van der Waals surface area contributed by atoms with E-state index < -0.39 is 0 Å². The van der Waals surface area contributed by atoms with Crippen LogP contribution in [0.25, 0.3) is 0 Å². The molecule has 0 aromatic rings. The molecule has 1 heterocycles. The topological polar surface area (TPSA) is 46.3 Å². The van der Waals surface area contributed by atoms with Crippen LogP contribution >= 0.6 is 0 Å². The summed E-state index contributed by atoms with van der Waals surface area (Å²) in [5.41, 5.74) is 6.13. The third-order valence-electron chi connectivity index (χ3n) is 5.70. The molecular weight excluding hydrogens is 224 g/mol. The molecule has 3 nitrogen and oxygen atoms in total. The minimum absolute atomic E-state index is 0.134. The van der Waals surface area contributed by atoms with Gasteiger partial charge in [0.15, 0.2) is 0 Å². The summed E-state index contributed by atoms with van der Waals surface area (Å²) in [4.78, 5) is 14.9. The van der Waals surface area contributed by atoms with Crippen molar-refractivity contribution >= 4 is 5.91 Å². The molecule has 104 valence electrons. The number of rotatable bonds is 2. The number of carbonyl (C=O) groups is 1. The Kier molecular flexibility index (Phi) is 3.48. The molecule has 1 unspecified atom stereocenters. The molecule has 2 N–H and O–H groups in total. The van der Waals surface area contributed by atoms with E-state index in [1.54, 1.807) is 0 Å². The average molecular weight is 252 g/mol. The molecule has 1 aliphatic carbocycles. The molecule has 1 saturated heterocycles. The molecule has 0 spiro atoms. The molecule has 0 bridgehead atoms. The van der Waals surface area contributed by atoms with E-state index in [2.05, 4.69) is 32.6 Å². The van der Waals surface area contributed by atoms with Gasteiger partial charge in [-0.15, -0.1) is 0 Å². The van der Waals surface area contributed by atoms with Crippen molar-refractivity contribution in [3.8, 4) is 0 Å². The average Bonchev–Trinajstić information content (AvgIpc) is 2.82. The molecule has 0 aromatic heterocycles. The van der Waals surface area contributed by atoms with Crippen LogP contribution in [0.2, 0.25) is 0 Å². The number of nitrogens with two attached hydrogens (primary N) is 1. The Morgan fingerprint density at radius 3 is 2.28 bits per heavy atom. The van der Waals surface area contributed by atoms with Gasteiger partial charge in [-0.05, 0) is 23.7 Å². The van der Waals surface area contributed by atoms with Crippen LogP contribution in [0.15, 0.2) is 0 Å². The van der Waals surface area contributed by atoms with Crippen molar-refractivity contribution in [1.29, 1.82) is 0 Å². The van der Waals surface area contributed by atoms with Crippen molar-refractivity contribution in [2.24, 2.45) is 22.5 Å². The summed E-state index contributed by atoms with van der Waals surface area (Å²) >= 11 is 0. The van der Waals surface area contributed by atoms with E-state index in [1.807, 2.05) is 0 Å². The third kappa shape index (κ3) is 1.97. The highest BCUT2D eigenvalue weighted by molar-refractivity contribution is 5.84. The maximum absolute atomic E-state index is 12.8. The molecule has 0 aromatic carbocycles. The van der Waals surface area contributed by atoms with Crippen molar-refractivity contribution in [2.45, 2.75) is 59.4 Å². The molecule has 1 amide bonds. The van der Waals surface area contributed by atoms with Gasteiger partial charge in [-0.2, -0.15) is 0 Å². The second kappa shape index (κ2) is 4.52. The largest absolute Gasteiger partial charge is 0.338 e. The standard InChI is InChI=1S/C15H28N2O/c1-14(2)12(15(14,3)4)13(18)17-9-7-5-6-8-11(17)10-16/h11-12H,5-10,16H2,1-4H3. The summed E-state index contributed by atoms with van der Waals surface area (Å²) in [5.74, 6) is 0.527. The molecule has 0 radical (unpaired) electrons. The second-order valence-corrected chi connectivity index (χ2v) is 7.15. The van der Waals surface area contributed by atoms with Crippen molar-refractivity contribution in [2.75, 3.05) is 13.1 Å². The first-order chi connectivity index (χ1) is 8.34. The van der Waals surface area contributed by atoms with Gasteiger partial charge < -0.3 is 10.6 Å². The molecular formula is C15H28N2O. The molecule has 2 fully saturated rings. The van der Waals surface area contributed by atoms with E-state index in [0.29, 0.717) is 12.5 Å². The highest BCUT2D eigenvalue weighted by Crippen LogP contribution is 2.68. The first kappa shape index (κ1) is 13.9. The van der Waals surface area contributed by atoms with Gasteiger partial charge in [0.1, 0.15) is 0 Å². The number of hydrogen-bond acceptors (Lipinski definition) is 2. The van der Waals surface area contributed by atoms with Crippen LogP contribution in [0, 0.1) is 16.7 Å². The van der Waals surface area contributed by atoms with Crippen LogP contribution in [-0.4, -0.2) is 29.9 Å². The highest BCUT2D eigenvalue weighted by atomic mass is 16.2. The van der Waals surface area contributed by atoms with E-state index in [9.17, 15) is 4.79 Å². The Balaban J connectivity index is 2.13. The Morgan fingerprint density at radius 1 is 1.17 bits per heavy atom. The maximum Gasteiger partial charge on any atom is 0.227 e. The fourth-order valence-corrected chi connectivity index (χ4v) is 3.69. The zero-order valence-electron chi connectivity index (χ0n) is 12.3. The van der Waals surface area contributed by atoms with Crippen LogP contribution < -0.4 is 5.73 Å². The highest BCUT2D eigenvalue weighted by Gasteiger charge is 2.69. The predicted octanol–water partition coefficient (Wildman–Crippen LogP) is 2.40. The van der Waals surface area contributed by atoms with Crippen LogP contribution in [0.4, 0.5) is 0 Å². The maximum atomic E-state index is 12.8. The van der Waals surface area contributed by atoms with Gasteiger partial charge in [-0.25, -0.2) is 0 Å². The minimum Gasteiger partial charge on any atom is -0.338 e. The lowest BCUT2D eigenvalue weighted by Gasteiger charge is -2.30. The predicted molar refractivity (Wildman–Crippen MR) is 74.1 cm³/mol. The van der Waals surface area contributed by atoms with Gasteiger partial charge in [-0.3, -0.25) is 4.79 Å². The lowest BCUT2D eigenvalue weighted by molar-refractivity contribution is -0.136. The van der Waals surface area contributed by atoms with Crippen molar-refractivity contribution in [3.63, 3.8) is 0 Å². The molecule has 2 rings (SSSR count).